The molecule has 0 bridgehead atoms. The Hall–Kier alpha value is -1.64. The molecule has 2 aromatic rings. The number of phenols is 1. The van der Waals surface area contributed by atoms with Crippen molar-refractivity contribution in [1.29, 1.82) is 0 Å². The zero-order valence-corrected chi connectivity index (χ0v) is 17.2. The van der Waals surface area contributed by atoms with Crippen LogP contribution in [-0.4, -0.2) is 28.0 Å². The Morgan fingerprint density at radius 2 is 2.00 bits per heavy atom. The summed E-state index contributed by atoms with van der Waals surface area (Å²) in [6.45, 7) is 0. The fraction of sp³-hybridized carbons (Fsp3) is 0.176. The van der Waals surface area contributed by atoms with Crippen LogP contribution in [0.3, 0.4) is 0 Å². The highest BCUT2D eigenvalue weighted by Gasteiger charge is 2.31. The van der Waals surface area contributed by atoms with Gasteiger partial charge < -0.3 is 15.6 Å². The number of methoxy groups -OCH3 is 1. The molecule has 3 rings (SSSR count). The fourth-order valence-electron chi connectivity index (χ4n) is 2.73. The summed E-state index contributed by atoms with van der Waals surface area (Å²) in [5.74, 6) is 0.435. The highest BCUT2D eigenvalue weighted by atomic mass is 79.9. The van der Waals surface area contributed by atoms with Crippen LogP contribution in [-0.2, 0) is 0 Å². The van der Waals surface area contributed by atoms with Crippen molar-refractivity contribution in [2.75, 3.05) is 7.11 Å². The van der Waals surface area contributed by atoms with Gasteiger partial charge in [0.15, 0.2) is 16.6 Å². The van der Waals surface area contributed by atoms with Crippen LogP contribution < -0.4 is 10.5 Å². The largest absolute Gasteiger partial charge is 0.503 e. The third-order valence-corrected chi connectivity index (χ3v) is 5.29. The standard InChI is InChI=1S/C17H15Br2N3O2S/c1-24-15-7-10(6-12(19)16(15)23)14-8-13(21-22(14)17(20)25)9-2-4-11(18)5-3-9/h2-7,14,23H,8H2,1H3,(H2,20,25). The molecule has 8 heteroatoms. The highest BCUT2D eigenvalue weighted by molar-refractivity contribution is 9.10. The van der Waals surface area contributed by atoms with Crippen LogP contribution >= 0.6 is 44.1 Å². The topological polar surface area (TPSA) is 71.1 Å². The van der Waals surface area contributed by atoms with Gasteiger partial charge in [-0.25, -0.2) is 5.01 Å². The van der Waals surface area contributed by atoms with Crippen molar-refractivity contribution in [1.82, 2.24) is 5.01 Å². The average Bonchev–Trinajstić information content (AvgIpc) is 3.03. The molecule has 0 saturated carbocycles. The smallest absolute Gasteiger partial charge is 0.187 e. The van der Waals surface area contributed by atoms with Crippen LogP contribution in [0.25, 0.3) is 0 Å². The maximum atomic E-state index is 10.0. The molecular weight excluding hydrogens is 470 g/mol. The molecule has 0 amide bonds. The molecule has 1 heterocycles. The molecule has 1 atom stereocenters. The van der Waals surface area contributed by atoms with Gasteiger partial charge in [-0.05, 0) is 63.5 Å². The predicted octanol–water partition coefficient (Wildman–Crippen LogP) is 4.32. The summed E-state index contributed by atoms with van der Waals surface area (Å²) in [6.07, 6.45) is 0.638. The maximum absolute atomic E-state index is 10.0. The average molecular weight is 485 g/mol. The van der Waals surface area contributed by atoms with Crippen molar-refractivity contribution in [3.63, 3.8) is 0 Å². The van der Waals surface area contributed by atoms with E-state index in [9.17, 15) is 5.11 Å². The van der Waals surface area contributed by atoms with Crippen molar-refractivity contribution < 1.29 is 9.84 Å². The second kappa shape index (κ2) is 7.31. The maximum Gasteiger partial charge on any atom is 0.187 e. The number of rotatable bonds is 3. The van der Waals surface area contributed by atoms with E-state index in [0.29, 0.717) is 16.6 Å². The number of benzene rings is 2. The summed E-state index contributed by atoms with van der Waals surface area (Å²) in [5, 5.41) is 16.5. The monoisotopic (exact) mass is 483 g/mol. The quantitative estimate of drug-likeness (QED) is 0.634. The number of phenolic OH excluding ortho intramolecular Hbond substituents is 1. The Labute approximate surface area is 167 Å². The van der Waals surface area contributed by atoms with Gasteiger partial charge in [0.05, 0.1) is 23.3 Å². The number of thiocarbonyl (C=S) groups is 1. The summed E-state index contributed by atoms with van der Waals surface area (Å²) < 4.78 is 6.79. The van der Waals surface area contributed by atoms with Gasteiger partial charge >= 0.3 is 0 Å². The van der Waals surface area contributed by atoms with E-state index in [4.69, 9.17) is 22.7 Å². The lowest BCUT2D eigenvalue weighted by molar-refractivity contribution is 0.357. The minimum Gasteiger partial charge on any atom is -0.503 e. The molecule has 0 spiro atoms. The van der Waals surface area contributed by atoms with E-state index in [1.54, 1.807) is 11.1 Å². The number of aromatic hydroxyl groups is 1. The lowest BCUT2D eigenvalue weighted by Crippen LogP contribution is -2.31. The van der Waals surface area contributed by atoms with Gasteiger partial charge in [-0.1, -0.05) is 28.1 Å². The number of ether oxygens (including phenoxy) is 1. The summed E-state index contributed by atoms with van der Waals surface area (Å²) in [5.41, 5.74) is 8.68. The van der Waals surface area contributed by atoms with Crippen molar-refractivity contribution in [2.45, 2.75) is 12.5 Å². The number of hydrogen-bond donors (Lipinski definition) is 2. The lowest BCUT2D eigenvalue weighted by Gasteiger charge is -2.23. The minimum absolute atomic E-state index is 0.0557. The Morgan fingerprint density at radius 3 is 2.60 bits per heavy atom. The fourth-order valence-corrected chi connectivity index (χ4v) is 3.62. The first kappa shape index (κ1) is 18.2. The Bertz CT molecular complexity index is 856. The molecule has 1 aliphatic rings. The van der Waals surface area contributed by atoms with Gasteiger partial charge in [0, 0.05) is 10.9 Å². The van der Waals surface area contributed by atoms with E-state index >= 15 is 0 Å². The predicted molar refractivity (Wildman–Crippen MR) is 109 cm³/mol. The summed E-state index contributed by atoms with van der Waals surface area (Å²) in [6, 6.07) is 11.4. The molecule has 0 fully saturated rings. The minimum atomic E-state index is -0.165. The molecule has 0 aromatic heterocycles. The SMILES string of the molecule is COc1cc(C2CC(c3ccc(Br)cc3)=NN2C(N)=S)cc(Br)c1O. The summed E-state index contributed by atoms with van der Waals surface area (Å²) >= 11 is 12.0. The van der Waals surface area contributed by atoms with E-state index in [0.717, 1.165) is 21.3 Å². The van der Waals surface area contributed by atoms with Crippen molar-refractivity contribution in [2.24, 2.45) is 10.8 Å². The molecule has 5 nitrogen and oxygen atoms in total. The van der Waals surface area contributed by atoms with Gasteiger partial charge in [-0.15, -0.1) is 0 Å². The van der Waals surface area contributed by atoms with Crippen LogP contribution in [0, 0.1) is 0 Å². The molecule has 2 aromatic carbocycles. The second-order valence-electron chi connectivity index (χ2n) is 5.51. The molecular formula is C17H15Br2N3O2S. The van der Waals surface area contributed by atoms with Crippen molar-refractivity contribution >= 4 is 54.9 Å². The van der Waals surface area contributed by atoms with Gasteiger partial charge in [-0.2, -0.15) is 5.10 Å². The molecule has 130 valence electrons. The Kier molecular flexibility index (Phi) is 5.31. The van der Waals surface area contributed by atoms with Gasteiger partial charge in [0.2, 0.25) is 0 Å². The molecule has 0 saturated heterocycles. The van der Waals surface area contributed by atoms with Gasteiger partial charge in [-0.3, -0.25) is 0 Å². The third kappa shape index (κ3) is 3.65. The second-order valence-corrected chi connectivity index (χ2v) is 7.70. The first-order valence-electron chi connectivity index (χ1n) is 7.39. The molecule has 0 aliphatic carbocycles. The van der Waals surface area contributed by atoms with E-state index in [2.05, 4.69) is 37.0 Å². The third-order valence-electron chi connectivity index (χ3n) is 3.97. The molecule has 1 unspecified atom stereocenters. The van der Waals surface area contributed by atoms with Crippen LogP contribution in [0.15, 0.2) is 50.4 Å². The Morgan fingerprint density at radius 1 is 1.32 bits per heavy atom. The van der Waals surface area contributed by atoms with E-state index < -0.39 is 0 Å². The number of hydrogen-bond acceptors (Lipinski definition) is 4. The number of halogens is 2. The van der Waals surface area contributed by atoms with Crippen LogP contribution in [0.4, 0.5) is 0 Å². The first-order valence-corrected chi connectivity index (χ1v) is 9.38. The number of hydrazone groups is 1. The van der Waals surface area contributed by atoms with E-state index in [-0.39, 0.29) is 16.9 Å². The number of nitrogens with two attached hydrogens (primary N) is 1. The van der Waals surface area contributed by atoms with E-state index in [1.807, 2.05) is 30.3 Å². The van der Waals surface area contributed by atoms with Gasteiger partial charge in [0.1, 0.15) is 0 Å². The normalized spacial score (nSPS) is 16.7. The van der Waals surface area contributed by atoms with E-state index in [1.165, 1.54) is 7.11 Å². The molecule has 1 aliphatic heterocycles. The lowest BCUT2D eigenvalue weighted by atomic mass is 9.98. The number of nitrogens with zero attached hydrogens (tertiary/aromatic N) is 2. The van der Waals surface area contributed by atoms with Crippen molar-refractivity contribution in [3.8, 4) is 11.5 Å². The van der Waals surface area contributed by atoms with Crippen molar-refractivity contribution in [3.05, 3.63) is 56.5 Å². The van der Waals surface area contributed by atoms with Gasteiger partial charge in [0.25, 0.3) is 0 Å². The Balaban J connectivity index is 1.99. The zero-order chi connectivity index (χ0) is 18.1. The first-order chi connectivity index (χ1) is 11.9. The van der Waals surface area contributed by atoms with Crippen LogP contribution in [0.2, 0.25) is 0 Å². The molecule has 0 radical (unpaired) electrons. The molecule has 3 N–H and O–H groups in total. The van der Waals surface area contributed by atoms with Crippen LogP contribution in [0.5, 0.6) is 11.5 Å². The summed E-state index contributed by atoms with van der Waals surface area (Å²) in [4.78, 5) is 0. The molecule has 25 heavy (non-hydrogen) atoms. The zero-order valence-electron chi connectivity index (χ0n) is 13.2. The van der Waals surface area contributed by atoms with Crippen LogP contribution in [0.1, 0.15) is 23.6 Å². The summed E-state index contributed by atoms with van der Waals surface area (Å²) in [7, 11) is 1.51. The highest BCUT2D eigenvalue weighted by Crippen LogP contribution is 2.41.